The average molecular weight is 193 g/mol. The van der Waals surface area contributed by atoms with Crippen LogP contribution in [0.5, 0.6) is 0 Å². The summed E-state index contributed by atoms with van der Waals surface area (Å²) < 4.78 is 12.8. The SMILES string of the molecule is CC(C)(N)c1cc2cc(F)cnc2[nH]1. The van der Waals surface area contributed by atoms with Gasteiger partial charge in [-0.2, -0.15) is 0 Å². The first kappa shape index (κ1) is 9.15. The lowest BCUT2D eigenvalue weighted by molar-refractivity contribution is 0.539. The molecule has 0 spiro atoms. The molecule has 0 fully saturated rings. The van der Waals surface area contributed by atoms with E-state index < -0.39 is 5.54 Å². The number of nitrogens with two attached hydrogens (primary N) is 1. The number of aromatic nitrogens is 2. The number of hydrogen-bond donors (Lipinski definition) is 2. The fraction of sp³-hybridized carbons (Fsp3) is 0.300. The van der Waals surface area contributed by atoms with Gasteiger partial charge in [-0.05, 0) is 26.0 Å². The second-order valence-electron chi connectivity index (χ2n) is 4.00. The van der Waals surface area contributed by atoms with Gasteiger partial charge in [0.05, 0.1) is 11.7 Å². The molecule has 0 amide bonds. The Bertz CT molecular complexity index is 468. The topological polar surface area (TPSA) is 54.7 Å². The molecule has 0 unspecified atom stereocenters. The van der Waals surface area contributed by atoms with Gasteiger partial charge < -0.3 is 10.7 Å². The monoisotopic (exact) mass is 193 g/mol. The second-order valence-corrected chi connectivity index (χ2v) is 4.00. The van der Waals surface area contributed by atoms with Crippen molar-refractivity contribution in [2.24, 2.45) is 5.73 Å². The van der Waals surface area contributed by atoms with E-state index in [0.717, 1.165) is 11.1 Å². The quantitative estimate of drug-likeness (QED) is 0.726. The van der Waals surface area contributed by atoms with Gasteiger partial charge in [0.2, 0.25) is 0 Å². The fourth-order valence-corrected chi connectivity index (χ4v) is 1.34. The van der Waals surface area contributed by atoms with Crippen molar-refractivity contribution in [3.8, 4) is 0 Å². The van der Waals surface area contributed by atoms with Crippen molar-refractivity contribution in [3.05, 3.63) is 29.8 Å². The minimum absolute atomic E-state index is 0.335. The molecule has 2 aromatic heterocycles. The molecule has 0 atom stereocenters. The normalized spacial score (nSPS) is 12.3. The van der Waals surface area contributed by atoms with E-state index in [1.165, 1.54) is 12.3 Å². The van der Waals surface area contributed by atoms with Crippen LogP contribution in [-0.4, -0.2) is 9.97 Å². The summed E-state index contributed by atoms with van der Waals surface area (Å²) in [5.41, 5.74) is 6.96. The third-order valence-corrected chi connectivity index (χ3v) is 2.13. The van der Waals surface area contributed by atoms with E-state index in [0.29, 0.717) is 5.65 Å². The Kier molecular flexibility index (Phi) is 1.82. The number of nitrogens with one attached hydrogen (secondary N) is 1. The van der Waals surface area contributed by atoms with Crippen molar-refractivity contribution in [1.82, 2.24) is 9.97 Å². The first-order chi connectivity index (χ1) is 6.47. The molecule has 2 heterocycles. The number of rotatable bonds is 1. The molecule has 0 aliphatic heterocycles. The molecule has 0 aliphatic carbocycles. The van der Waals surface area contributed by atoms with E-state index in [2.05, 4.69) is 9.97 Å². The summed E-state index contributed by atoms with van der Waals surface area (Å²) in [5.74, 6) is -0.335. The molecule has 3 nitrogen and oxygen atoms in total. The maximum Gasteiger partial charge on any atom is 0.142 e. The summed E-state index contributed by atoms with van der Waals surface area (Å²) in [4.78, 5) is 6.99. The van der Waals surface area contributed by atoms with Crippen LogP contribution < -0.4 is 5.73 Å². The Morgan fingerprint density at radius 2 is 2.14 bits per heavy atom. The molecule has 0 aromatic carbocycles. The molecule has 0 saturated heterocycles. The molecule has 3 N–H and O–H groups in total. The average Bonchev–Trinajstić information content (AvgIpc) is 2.45. The third kappa shape index (κ3) is 1.48. The number of pyridine rings is 1. The van der Waals surface area contributed by atoms with Gasteiger partial charge in [0.25, 0.3) is 0 Å². The van der Waals surface area contributed by atoms with E-state index in [-0.39, 0.29) is 5.82 Å². The molecule has 2 rings (SSSR count). The molecule has 2 aromatic rings. The highest BCUT2D eigenvalue weighted by Crippen LogP contribution is 2.21. The van der Waals surface area contributed by atoms with E-state index in [1.54, 1.807) is 0 Å². The van der Waals surface area contributed by atoms with Crippen LogP contribution in [0.4, 0.5) is 4.39 Å². The highest BCUT2D eigenvalue weighted by Gasteiger charge is 2.16. The fourth-order valence-electron chi connectivity index (χ4n) is 1.34. The van der Waals surface area contributed by atoms with Crippen LogP contribution in [0.1, 0.15) is 19.5 Å². The van der Waals surface area contributed by atoms with Crippen molar-refractivity contribution in [2.45, 2.75) is 19.4 Å². The zero-order chi connectivity index (χ0) is 10.3. The van der Waals surface area contributed by atoms with Crippen LogP contribution in [0, 0.1) is 5.82 Å². The van der Waals surface area contributed by atoms with Crippen LogP contribution in [0.15, 0.2) is 18.3 Å². The van der Waals surface area contributed by atoms with Crippen LogP contribution in [0.3, 0.4) is 0 Å². The van der Waals surface area contributed by atoms with Crippen LogP contribution in [0.2, 0.25) is 0 Å². The van der Waals surface area contributed by atoms with Crippen LogP contribution in [-0.2, 0) is 5.54 Å². The Hall–Kier alpha value is -1.42. The number of nitrogens with zero attached hydrogens (tertiary/aromatic N) is 1. The number of fused-ring (bicyclic) bond motifs is 1. The zero-order valence-electron chi connectivity index (χ0n) is 8.13. The van der Waals surface area contributed by atoms with Crippen molar-refractivity contribution >= 4 is 11.0 Å². The first-order valence-electron chi connectivity index (χ1n) is 4.40. The maximum atomic E-state index is 12.8. The standard InChI is InChI=1S/C10H12FN3/c1-10(2,12)8-4-6-3-7(11)5-13-9(6)14-8/h3-5H,12H2,1-2H3,(H,13,14). The molecule has 0 saturated carbocycles. The lowest BCUT2D eigenvalue weighted by Gasteiger charge is -2.15. The molecular weight excluding hydrogens is 181 g/mol. The molecular formula is C10H12FN3. The summed E-state index contributed by atoms with van der Waals surface area (Å²) in [6.45, 7) is 3.77. The summed E-state index contributed by atoms with van der Waals surface area (Å²) in [6.07, 6.45) is 1.19. The molecule has 74 valence electrons. The maximum absolute atomic E-state index is 12.8. The van der Waals surface area contributed by atoms with E-state index in [1.807, 2.05) is 19.9 Å². The van der Waals surface area contributed by atoms with Crippen LogP contribution >= 0.6 is 0 Å². The number of halogens is 1. The van der Waals surface area contributed by atoms with Crippen molar-refractivity contribution < 1.29 is 4.39 Å². The zero-order valence-corrected chi connectivity index (χ0v) is 8.13. The van der Waals surface area contributed by atoms with E-state index in [4.69, 9.17) is 5.73 Å². The van der Waals surface area contributed by atoms with Crippen molar-refractivity contribution in [3.63, 3.8) is 0 Å². The highest BCUT2D eigenvalue weighted by atomic mass is 19.1. The minimum Gasteiger partial charge on any atom is -0.342 e. The lowest BCUT2D eigenvalue weighted by Crippen LogP contribution is -2.28. The Morgan fingerprint density at radius 3 is 2.79 bits per heavy atom. The summed E-state index contributed by atoms with van der Waals surface area (Å²) in [7, 11) is 0. The minimum atomic E-state index is -0.461. The predicted octanol–water partition coefficient (Wildman–Crippen LogP) is 1.90. The van der Waals surface area contributed by atoms with E-state index in [9.17, 15) is 4.39 Å². The van der Waals surface area contributed by atoms with Gasteiger partial charge in [0, 0.05) is 11.1 Å². The van der Waals surface area contributed by atoms with Crippen molar-refractivity contribution in [2.75, 3.05) is 0 Å². The lowest BCUT2D eigenvalue weighted by atomic mass is 10.0. The second kappa shape index (κ2) is 2.78. The number of aromatic amines is 1. The van der Waals surface area contributed by atoms with Gasteiger partial charge >= 0.3 is 0 Å². The van der Waals surface area contributed by atoms with Crippen molar-refractivity contribution in [1.29, 1.82) is 0 Å². The van der Waals surface area contributed by atoms with Gasteiger partial charge in [0.15, 0.2) is 0 Å². The molecule has 0 aliphatic rings. The largest absolute Gasteiger partial charge is 0.342 e. The van der Waals surface area contributed by atoms with Gasteiger partial charge in [0.1, 0.15) is 11.5 Å². The third-order valence-electron chi connectivity index (χ3n) is 2.13. The molecule has 0 radical (unpaired) electrons. The predicted molar refractivity (Wildman–Crippen MR) is 53.3 cm³/mol. The van der Waals surface area contributed by atoms with Crippen LogP contribution in [0.25, 0.3) is 11.0 Å². The number of hydrogen-bond acceptors (Lipinski definition) is 2. The van der Waals surface area contributed by atoms with Gasteiger partial charge in [-0.3, -0.25) is 0 Å². The smallest absolute Gasteiger partial charge is 0.142 e. The first-order valence-corrected chi connectivity index (χ1v) is 4.40. The van der Waals surface area contributed by atoms with Gasteiger partial charge in [-0.25, -0.2) is 9.37 Å². The highest BCUT2D eigenvalue weighted by molar-refractivity contribution is 5.76. The Balaban J connectivity index is 2.63. The van der Waals surface area contributed by atoms with Gasteiger partial charge in [-0.1, -0.05) is 0 Å². The number of H-pyrrole nitrogens is 1. The summed E-state index contributed by atoms with van der Waals surface area (Å²) in [6, 6.07) is 3.26. The summed E-state index contributed by atoms with van der Waals surface area (Å²) in [5, 5.41) is 0.749. The molecule has 4 heteroatoms. The molecule has 14 heavy (non-hydrogen) atoms. The summed E-state index contributed by atoms with van der Waals surface area (Å²) >= 11 is 0. The van der Waals surface area contributed by atoms with Gasteiger partial charge in [-0.15, -0.1) is 0 Å². The molecule has 0 bridgehead atoms. The Morgan fingerprint density at radius 1 is 1.43 bits per heavy atom. The Labute approximate surface area is 81.1 Å². The van der Waals surface area contributed by atoms with E-state index >= 15 is 0 Å².